The number of amides is 1. The summed E-state index contributed by atoms with van der Waals surface area (Å²) in [6.45, 7) is 12.7. The minimum absolute atomic E-state index is 0.103. The zero-order valence-corrected chi connectivity index (χ0v) is 17.8. The minimum atomic E-state index is 0.103. The number of anilines is 1. The summed E-state index contributed by atoms with van der Waals surface area (Å²) < 4.78 is 0. The molecule has 0 spiro atoms. The first kappa shape index (κ1) is 21.1. The molecular weight excluding hydrogens is 348 g/mol. The van der Waals surface area contributed by atoms with E-state index in [0.717, 1.165) is 71.6 Å². The van der Waals surface area contributed by atoms with Gasteiger partial charge in [-0.1, -0.05) is 25.5 Å². The highest BCUT2D eigenvalue weighted by molar-refractivity contribution is 5.81. The Kier molecular flexibility index (Phi) is 8.16. The third-order valence-corrected chi connectivity index (χ3v) is 6.12. The van der Waals surface area contributed by atoms with Gasteiger partial charge in [0.15, 0.2) is 0 Å². The summed E-state index contributed by atoms with van der Waals surface area (Å²) in [5, 5.41) is 3.20. The Hall–Kier alpha value is -1.59. The van der Waals surface area contributed by atoms with Crippen molar-refractivity contribution < 1.29 is 4.79 Å². The molecule has 0 aromatic heterocycles. The molecule has 1 amide bonds. The van der Waals surface area contributed by atoms with E-state index in [-0.39, 0.29) is 11.9 Å². The lowest BCUT2D eigenvalue weighted by molar-refractivity contribution is -0.127. The van der Waals surface area contributed by atoms with Crippen LogP contribution in [0.1, 0.15) is 44.6 Å². The maximum Gasteiger partial charge on any atom is 0.237 e. The van der Waals surface area contributed by atoms with Crippen molar-refractivity contribution in [2.24, 2.45) is 0 Å². The molecule has 156 valence electrons. The normalized spacial score (nSPS) is 21.6. The smallest absolute Gasteiger partial charge is 0.237 e. The first-order valence-corrected chi connectivity index (χ1v) is 11.2. The highest BCUT2D eigenvalue weighted by Gasteiger charge is 2.27. The van der Waals surface area contributed by atoms with Gasteiger partial charge in [-0.15, -0.1) is 0 Å². The number of likely N-dealkylation sites (tertiary alicyclic amines) is 1. The van der Waals surface area contributed by atoms with Crippen LogP contribution in [0.3, 0.4) is 0 Å². The average Bonchev–Trinajstić information content (AvgIpc) is 2.72. The van der Waals surface area contributed by atoms with Gasteiger partial charge in [-0.05, 0) is 69.9 Å². The Morgan fingerprint density at radius 3 is 2.68 bits per heavy atom. The third kappa shape index (κ3) is 5.95. The number of nitrogens with zero attached hydrogens (tertiary/aromatic N) is 3. The number of carbonyl (C=O) groups is 1. The molecule has 1 N–H and O–H groups in total. The van der Waals surface area contributed by atoms with E-state index < -0.39 is 0 Å². The molecule has 0 saturated carbocycles. The van der Waals surface area contributed by atoms with Crippen LogP contribution in [0.15, 0.2) is 24.3 Å². The van der Waals surface area contributed by atoms with Gasteiger partial charge in [0.25, 0.3) is 0 Å². The van der Waals surface area contributed by atoms with E-state index in [9.17, 15) is 4.79 Å². The van der Waals surface area contributed by atoms with Crippen molar-refractivity contribution in [1.82, 2.24) is 15.1 Å². The zero-order valence-electron chi connectivity index (χ0n) is 17.8. The number of piperidine rings is 1. The number of aryl methyl sites for hydroxylation is 1. The van der Waals surface area contributed by atoms with Gasteiger partial charge < -0.3 is 10.2 Å². The Morgan fingerprint density at radius 1 is 1.11 bits per heavy atom. The van der Waals surface area contributed by atoms with Crippen molar-refractivity contribution in [3.8, 4) is 0 Å². The minimum Gasteiger partial charge on any atom is -0.369 e. The van der Waals surface area contributed by atoms with Gasteiger partial charge in [-0.3, -0.25) is 14.6 Å². The maximum atomic E-state index is 12.6. The van der Waals surface area contributed by atoms with Gasteiger partial charge in [0.2, 0.25) is 5.91 Å². The fraction of sp³-hybridized carbons (Fsp3) is 0.696. The Balaban J connectivity index is 1.33. The maximum absolute atomic E-state index is 12.6. The van der Waals surface area contributed by atoms with E-state index >= 15 is 0 Å². The van der Waals surface area contributed by atoms with Crippen LogP contribution < -0.4 is 10.2 Å². The number of benzene rings is 1. The van der Waals surface area contributed by atoms with Crippen molar-refractivity contribution in [2.45, 2.75) is 52.0 Å². The van der Waals surface area contributed by atoms with Crippen LogP contribution in [0, 0.1) is 6.92 Å². The number of rotatable bonds is 8. The summed E-state index contributed by atoms with van der Waals surface area (Å²) in [6.07, 6.45) is 5.60. The molecule has 0 aliphatic carbocycles. The quantitative estimate of drug-likeness (QED) is 0.698. The molecule has 1 aromatic rings. The topological polar surface area (TPSA) is 38.8 Å². The SMILES string of the molecule is CCCN1CCCCC1C(=O)NCCCN1CCN(c2cccc(C)c2)CC1. The van der Waals surface area contributed by atoms with Crippen LogP contribution in [0.2, 0.25) is 0 Å². The predicted octanol–water partition coefficient (Wildman–Crippen LogP) is 2.89. The van der Waals surface area contributed by atoms with Crippen LogP contribution in [-0.2, 0) is 4.79 Å². The molecular formula is C23H38N4O. The molecule has 0 radical (unpaired) electrons. The van der Waals surface area contributed by atoms with Gasteiger partial charge >= 0.3 is 0 Å². The summed E-state index contributed by atoms with van der Waals surface area (Å²) in [4.78, 5) is 20.0. The predicted molar refractivity (Wildman–Crippen MR) is 117 cm³/mol. The third-order valence-electron chi connectivity index (χ3n) is 6.12. The molecule has 5 nitrogen and oxygen atoms in total. The molecule has 1 unspecified atom stereocenters. The molecule has 5 heteroatoms. The molecule has 1 atom stereocenters. The van der Waals surface area contributed by atoms with Crippen molar-refractivity contribution in [3.63, 3.8) is 0 Å². The fourth-order valence-electron chi connectivity index (χ4n) is 4.53. The second-order valence-electron chi connectivity index (χ2n) is 8.36. The van der Waals surface area contributed by atoms with Crippen molar-refractivity contribution >= 4 is 11.6 Å². The van der Waals surface area contributed by atoms with Crippen LogP contribution in [-0.4, -0.2) is 74.1 Å². The Labute approximate surface area is 171 Å². The second kappa shape index (κ2) is 10.8. The first-order chi connectivity index (χ1) is 13.7. The van der Waals surface area contributed by atoms with Crippen LogP contribution >= 0.6 is 0 Å². The summed E-state index contributed by atoms with van der Waals surface area (Å²) >= 11 is 0. The molecule has 2 fully saturated rings. The molecule has 2 aliphatic heterocycles. The van der Waals surface area contributed by atoms with E-state index in [1.165, 1.54) is 24.1 Å². The highest BCUT2D eigenvalue weighted by Crippen LogP contribution is 2.18. The number of piperazine rings is 1. The molecule has 28 heavy (non-hydrogen) atoms. The van der Waals surface area contributed by atoms with Crippen LogP contribution in [0.5, 0.6) is 0 Å². The molecule has 2 saturated heterocycles. The molecule has 0 bridgehead atoms. The average molecular weight is 387 g/mol. The molecule has 2 aliphatic rings. The van der Waals surface area contributed by atoms with E-state index in [0.29, 0.717) is 0 Å². The number of hydrogen-bond donors (Lipinski definition) is 1. The second-order valence-corrected chi connectivity index (χ2v) is 8.36. The van der Waals surface area contributed by atoms with E-state index in [1.807, 2.05) is 0 Å². The van der Waals surface area contributed by atoms with Gasteiger partial charge in [-0.2, -0.15) is 0 Å². The summed E-state index contributed by atoms with van der Waals surface area (Å²) in [7, 11) is 0. The van der Waals surface area contributed by atoms with Gasteiger partial charge in [0, 0.05) is 38.4 Å². The van der Waals surface area contributed by atoms with Crippen molar-refractivity contribution in [3.05, 3.63) is 29.8 Å². The Morgan fingerprint density at radius 2 is 1.93 bits per heavy atom. The van der Waals surface area contributed by atoms with Crippen molar-refractivity contribution in [2.75, 3.05) is 57.3 Å². The molecule has 1 aromatic carbocycles. The van der Waals surface area contributed by atoms with Crippen LogP contribution in [0.4, 0.5) is 5.69 Å². The van der Waals surface area contributed by atoms with E-state index in [4.69, 9.17) is 0 Å². The lowest BCUT2D eigenvalue weighted by atomic mass is 10.0. The lowest BCUT2D eigenvalue weighted by Gasteiger charge is -2.36. The molecule has 2 heterocycles. The van der Waals surface area contributed by atoms with E-state index in [1.54, 1.807) is 0 Å². The number of nitrogens with one attached hydrogen (secondary N) is 1. The fourth-order valence-corrected chi connectivity index (χ4v) is 4.53. The largest absolute Gasteiger partial charge is 0.369 e. The number of hydrogen-bond acceptors (Lipinski definition) is 4. The molecule has 3 rings (SSSR count). The summed E-state index contributed by atoms with van der Waals surface area (Å²) in [5.74, 6) is 0.248. The van der Waals surface area contributed by atoms with Gasteiger partial charge in [-0.25, -0.2) is 0 Å². The highest BCUT2D eigenvalue weighted by atomic mass is 16.2. The standard InChI is InChI=1S/C23H38N4O/c1-3-12-27-14-5-4-10-22(27)23(28)24-11-7-13-25-15-17-26(18-16-25)21-9-6-8-20(2)19-21/h6,8-9,19,22H,3-5,7,10-18H2,1-2H3,(H,24,28). The Bertz CT molecular complexity index is 610. The summed E-state index contributed by atoms with van der Waals surface area (Å²) in [5.41, 5.74) is 2.67. The van der Waals surface area contributed by atoms with Gasteiger partial charge in [0.1, 0.15) is 0 Å². The van der Waals surface area contributed by atoms with Crippen LogP contribution in [0.25, 0.3) is 0 Å². The summed E-state index contributed by atoms with van der Waals surface area (Å²) in [6, 6.07) is 8.90. The monoisotopic (exact) mass is 386 g/mol. The first-order valence-electron chi connectivity index (χ1n) is 11.2. The number of carbonyl (C=O) groups excluding carboxylic acids is 1. The lowest BCUT2D eigenvalue weighted by Crippen LogP contribution is -2.50. The van der Waals surface area contributed by atoms with Gasteiger partial charge in [0.05, 0.1) is 6.04 Å². The van der Waals surface area contributed by atoms with E-state index in [2.05, 4.69) is 58.1 Å². The zero-order chi connectivity index (χ0) is 19.8. The van der Waals surface area contributed by atoms with Crippen molar-refractivity contribution in [1.29, 1.82) is 0 Å².